The molecule has 1 aliphatic rings. The molecule has 2 aromatic rings. The van der Waals surface area contributed by atoms with Crippen molar-refractivity contribution in [2.24, 2.45) is 0 Å². The van der Waals surface area contributed by atoms with Crippen LogP contribution in [-0.4, -0.2) is 29.7 Å². The molecular formula is C19H23AsClN3O. The number of aromatic amines is 1. The summed E-state index contributed by atoms with van der Waals surface area (Å²) in [6.45, 7) is 2.22. The zero-order valence-corrected chi connectivity index (χ0v) is 17.0. The van der Waals surface area contributed by atoms with Crippen LogP contribution in [0, 0.1) is 11.3 Å². The normalized spacial score (nSPS) is 24.6. The quantitative estimate of drug-likeness (QED) is 0.722. The van der Waals surface area contributed by atoms with Gasteiger partial charge in [-0.3, -0.25) is 0 Å². The first-order valence-electron chi connectivity index (χ1n) is 8.75. The van der Waals surface area contributed by atoms with Crippen molar-refractivity contribution in [3.63, 3.8) is 0 Å². The van der Waals surface area contributed by atoms with Crippen LogP contribution in [0.15, 0.2) is 30.7 Å². The summed E-state index contributed by atoms with van der Waals surface area (Å²) in [6, 6.07) is 8.07. The van der Waals surface area contributed by atoms with Crippen LogP contribution >= 0.6 is 11.6 Å². The molecule has 132 valence electrons. The number of nitrogens with zero attached hydrogens (tertiary/aromatic N) is 2. The van der Waals surface area contributed by atoms with E-state index in [1.165, 1.54) is 9.56 Å². The maximum atomic E-state index is 11.2. The van der Waals surface area contributed by atoms with E-state index in [9.17, 15) is 5.11 Å². The molecule has 1 aromatic carbocycles. The number of halogens is 1. The van der Waals surface area contributed by atoms with E-state index < -0.39 is 20.3 Å². The van der Waals surface area contributed by atoms with Gasteiger partial charge in [-0.05, 0) is 0 Å². The molecule has 2 N–H and O–H groups in total. The molecule has 3 atom stereocenters. The first-order chi connectivity index (χ1) is 12.1. The minimum absolute atomic E-state index is 0.526. The Bertz CT molecular complexity index is 759. The zero-order chi connectivity index (χ0) is 17.9. The van der Waals surface area contributed by atoms with Gasteiger partial charge in [0.25, 0.3) is 0 Å². The van der Waals surface area contributed by atoms with E-state index in [1.54, 1.807) is 12.5 Å². The Morgan fingerprint density at radius 1 is 1.52 bits per heavy atom. The third kappa shape index (κ3) is 3.95. The number of nitrogens with one attached hydrogen (secondary N) is 1. The molecule has 1 saturated carbocycles. The van der Waals surface area contributed by atoms with Crippen molar-refractivity contribution >= 4 is 30.6 Å². The van der Waals surface area contributed by atoms with Crippen LogP contribution in [0.1, 0.15) is 50.3 Å². The molecule has 1 heterocycles. The number of hydrogen-bond donors (Lipinski definition) is 2. The average Bonchev–Trinajstić information content (AvgIpc) is 3.15. The van der Waals surface area contributed by atoms with Crippen molar-refractivity contribution in [1.29, 1.82) is 5.26 Å². The maximum absolute atomic E-state index is 11.2. The van der Waals surface area contributed by atoms with Crippen molar-refractivity contribution in [2.45, 2.75) is 54.5 Å². The molecule has 0 amide bonds. The van der Waals surface area contributed by atoms with Crippen LogP contribution in [0.5, 0.6) is 0 Å². The van der Waals surface area contributed by atoms with Gasteiger partial charge in [0.1, 0.15) is 0 Å². The summed E-state index contributed by atoms with van der Waals surface area (Å²) in [5.41, 5.74) is 0.574. The summed E-state index contributed by atoms with van der Waals surface area (Å²) < 4.78 is 1.84. The number of benzene rings is 1. The fourth-order valence-corrected chi connectivity index (χ4v) is 10.7. The van der Waals surface area contributed by atoms with Gasteiger partial charge in [0, 0.05) is 0 Å². The second-order valence-electron chi connectivity index (χ2n) is 6.72. The van der Waals surface area contributed by atoms with E-state index in [2.05, 4.69) is 29.0 Å². The molecule has 6 heteroatoms. The summed E-state index contributed by atoms with van der Waals surface area (Å²) >= 11 is 4.90. The van der Waals surface area contributed by atoms with Gasteiger partial charge in [0.05, 0.1) is 0 Å². The molecule has 1 aliphatic carbocycles. The van der Waals surface area contributed by atoms with E-state index in [-0.39, 0.29) is 0 Å². The van der Waals surface area contributed by atoms with Gasteiger partial charge in [-0.25, -0.2) is 0 Å². The van der Waals surface area contributed by atoms with Crippen LogP contribution in [0.25, 0.3) is 0 Å². The number of imidazole rings is 1. The first-order valence-corrected chi connectivity index (χ1v) is 12.5. The number of nitriles is 1. The van der Waals surface area contributed by atoms with Crippen LogP contribution in [0.3, 0.4) is 0 Å². The fourth-order valence-electron chi connectivity index (χ4n) is 3.78. The van der Waals surface area contributed by atoms with E-state index in [4.69, 9.17) is 16.9 Å². The molecule has 4 nitrogen and oxygen atoms in total. The fraction of sp³-hybridized carbons (Fsp3) is 0.474. The molecule has 3 unspecified atom stereocenters. The molecule has 0 bridgehead atoms. The SMILES string of the molecule is CCC[As](c1ccc(C#N)c(Cl)c1)C1CCCC(O)(c2cnc[nH]2)C1. The summed E-state index contributed by atoms with van der Waals surface area (Å²) in [4.78, 5) is 7.19. The number of hydrogen-bond acceptors (Lipinski definition) is 3. The predicted octanol–water partition coefficient (Wildman–Crippen LogP) is 3.88. The van der Waals surface area contributed by atoms with E-state index in [1.807, 2.05) is 12.1 Å². The Labute approximate surface area is 158 Å². The van der Waals surface area contributed by atoms with Crippen molar-refractivity contribution < 1.29 is 5.11 Å². The van der Waals surface area contributed by atoms with Crippen LogP contribution < -0.4 is 4.35 Å². The van der Waals surface area contributed by atoms with Gasteiger partial charge in [-0.1, -0.05) is 0 Å². The number of aliphatic hydroxyl groups is 1. The number of aromatic nitrogens is 2. The van der Waals surface area contributed by atoms with Crippen LogP contribution in [0.4, 0.5) is 0 Å². The van der Waals surface area contributed by atoms with Crippen molar-refractivity contribution in [2.75, 3.05) is 0 Å². The average molecular weight is 420 g/mol. The predicted molar refractivity (Wildman–Crippen MR) is 101 cm³/mol. The molecule has 1 fully saturated rings. The van der Waals surface area contributed by atoms with Crippen molar-refractivity contribution in [3.8, 4) is 6.07 Å². The minimum atomic E-state index is -1.39. The molecule has 3 rings (SSSR count). The summed E-state index contributed by atoms with van der Waals surface area (Å²) in [6.07, 6.45) is 8.28. The van der Waals surface area contributed by atoms with Gasteiger partial charge >= 0.3 is 159 Å². The van der Waals surface area contributed by atoms with Crippen LogP contribution in [-0.2, 0) is 5.60 Å². The van der Waals surface area contributed by atoms with E-state index >= 15 is 0 Å². The Morgan fingerprint density at radius 3 is 3.00 bits per heavy atom. The molecular weight excluding hydrogens is 397 g/mol. The van der Waals surface area contributed by atoms with Crippen molar-refractivity contribution in [3.05, 3.63) is 47.0 Å². The second-order valence-corrected chi connectivity index (χ2v) is 12.6. The monoisotopic (exact) mass is 419 g/mol. The van der Waals surface area contributed by atoms with Gasteiger partial charge in [0.2, 0.25) is 0 Å². The summed E-state index contributed by atoms with van der Waals surface area (Å²) in [5.74, 6) is 0. The molecule has 25 heavy (non-hydrogen) atoms. The Morgan fingerprint density at radius 2 is 2.36 bits per heavy atom. The Balaban J connectivity index is 1.87. The summed E-state index contributed by atoms with van der Waals surface area (Å²) in [7, 11) is 0. The molecule has 0 spiro atoms. The number of rotatable bonds is 5. The van der Waals surface area contributed by atoms with Crippen molar-refractivity contribution in [1.82, 2.24) is 9.97 Å². The molecule has 1 aromatic heterocycles. The third-order valence-corrected chi connectivity index (χ3v) is 12.0. The Kier molecular flexibility index (Phi) is 5.89. The second kappa shape index (κ2) is 7.95. The number of H-pyrrole nitrogens is 1. The van der Waals surface area contributed by atoms with Gasteiger partial charge < -0.3 is 0 Å². The summed E-state index contributed by atoms with van der Waals surface area (Å²) in [5, 5.41) is 22.0. The van der Waals surface area contributed by atoms with Gasteiger partial charge in [-0.15, -0.1) is 0 Å². The Hall–Kier alpha value is -1.27. The van der Waals surface area contributed by atoms with Gasteiger partial charge in [-0.2, -0.15) is 0 Å². The topological polar surface area (TPSA) is 72.7 Å². The zero-order valence-electron chi connectivity index (χ0n) is 14.4. The molecule has 0 radical (unpaired) electrons. The van der Waals surface area contributed by atoms with Crippen LogP contribution in [0.2, 0.25) is 14.9 Å². The third-order valence-electron chi connectivity index (χ3n) is 5.01. The standard InChI is InChI=1S/C19H23AsClN3O/c1-2-8-20(15-6-5-14(11-22)17(21)9-15)16-4-3-7-19(25,10-16)18-12-23-13-24-18/h5-6,9,12-13,16,25H,2-4,7-8,10H2,1H3,(H,23,24). The molecule has 0 saturated heterocycles. The van der Waals surface area contributed by atoms with E-state index in [0.29, 0.717) is 15.3 Å². The van der Waals surface area contributed by atoms with E-state index in [0.717, 1.165) is 37.8 Å². The first kappa shape index (κ1) is 18.5. The molecule has 0 aliphatic heterocycles. The van der Waals surface area contributed by atoms with Gasteiger partial charge in [0.15, 0.2) is 0 Å².